The Kier molecular flexibility index (Phi) is 6.32. The summed E-state index contributed by atoms with van der Waals surface area (Å²) >= 11 is 1.80. The minimum Gasteiger partial charge on any atom is -1.00 e. The summed E-state index contributed by atoms with van der Waals surface area (Å²) in [6, 6.07) is 19.3. The number of fused-ring (bicyclic) bond motifs is 2. The summed E-state index contributed by atoms with van der Waals surface area (Å²) in [6.45, 7) is 5.84. The lowest BCUT2D eigenvalue weighted by atomic mass is 10.2. The fourth-order valence-corrected chi connectivity index (χ4v) is 4.54. The summed E-state index contributed by atoms with van der Waals surface area (Å²) in [4.78, 5) is 3.50. The molecule has 1 aromatic heterocycles. The summed E-state index contributed by atoms with van der Waals surface area (Å²) in [5, 5.41) is 2.50. The van der Waals surface area contributed by atoms with Gasteiger partial charge in [0.25, 0.3) is 0 Å². The van der Waals surface area contributed by atoms with Gasteiger partial charge in [-0.25, -0.2) is 0 Å². The van der Waals surface area contributed by atoms with Crippen LogP contribution in [0.15, 0.2) is 64.5 Å². The van der Waals surface area contributed by atoms with E-state index < -0.39 is 0 Å². The smallest absolute Gasteiger partial charge is 0.212 e. The molecule has 27 heavy (non-hydrogen) atoms. The molecule has 0 radical (unpaired) electrons. The van der Waals surface area contributed by atoms with Gasteiger partial charge in [0.15, 0.2) is 0 Å². The largest absolute Gasteiger partial charge is 1.00 e. The third-order valence-corrected chi connectivity index (χ3v) is 5.86. The molecule has 0 unspecified atom stereocenters. The Bertz CT molecular complexity index is 1000. The second-order valence-electron chi connectivity index (χ2n) is 6.27. The van der Waals surface area contributed by atoms with Crippen molar-refractivity contribution >= 4 is 34.4 Å². The first-order valence-corrected chi connectivity index (χ1v) is 9.84. The van der Waals surface area contributed by atoms with E-state index in [1.165, 1.54) is 32.2 Å². The van der Waals surface area contributed by atoms with Crippen LogP contribution < -0.4 is 38.2 Å². The fourth-order valence-electron chi connectivity index (χ4n) is 3.42. The van der Waals surface area contributed by atoms with Crippen molar-refractivity contribution in [2.75, 3.05) is 18.6 Å². The fraction of sp³-hybridized carbons (Fsp3) is 0.227. The molecule has 2 aromatic carbocycles. The number of halogens is 1. The first-order valence-electron chi connectivity index (χ1n) is 9.03. The van der Waals surface area contributed by atoms with Gasteiger partial charge in [0.05, 0.1) is 17.3 Å². The number of aryl methyl sites for hydroxylation is 1. The van der Waals surface area contributed by atoms with Gasteiger partial charge in [-0.05, 0) is 44.2 Å². The van der Waals surface area contributed by atoms with Crippen molar-refractivity contribution in [2.45, 2.75) is 25.3 Å². The van der Waals surface area contributed by atoms with E-state index in [4.69, 9.17) is 4.74 Å². The molecular weight excluding hydrogens is 467 g/mol. The average molecular weight is 490 g/mol. The van der Waals surface area contributed by atoms with Gasteiger partial charge in [0.2, 0.25) is 11.2 Å². The molecule has 0 spiro atoms. The van der Waals surface area contributed by atoms with E-state index >= 15 is 0 Å². The van der Waals surface area contributed by atoms with Crippen LogP contribution in [0.1, 0.15) is 19.5 Å². The standard InChI is InChI=1S/C22H23N2OS.HI/c1-4-24-17(11-10-16-8-6-7-9-19(16)24)14-22-23(3)20-13-12-18(25-5-2)15-21(20)26-22;/h6-15H,4-5H2,1-3H3;1H/q+1;/p-1. The zero-order chi connectivity index (χ0) is 18.1. The SMILES string of the molecule is CCOc1ccc2c(c1)S/C(=C/c1ccc3ccccc3[n+]1CC)N2C.[I-]. The van der Waals surface area contributed by atoms with Gasteiger partial charge in [0, 0.05) is 35.5 Å². The maximum atomic E-state index is 5.65. The van der Waals surface area contributed by atoms with E-state index in [0.717, 1.165) is 12.3 Å². The number of aromatic nitrogens is 1. The van der Waals surface area contributed by atoms with E-state index in [0.29, 0.717) is 6.61 Å². The van der Waals surface area contributed by atoms with E-state index in [2.05, 4.69) is 78.0 Å². The highest BCUT2D eigenvalue weighted by atomic mass is 127. The number of rotatable bonds is 4. The van der Waals surface area contributed by atoms with Gasteiger partial charge in [-0.15, -0.1) is 0 Å². The molecule has 0 amide bonds. The predicted octanol–water partition coefficient (Wildman–Crippen LogP) is 2.09. The number of anilines is 1. The Hall–Kier alpha value is -1.73. The Morgan fingerprint density at radius 1 is 1.07 bits per heavy atom. The Morgan fingerprint density at radius 2 is 1.89 bits per heavy atom. The third kappa shape index (κ3) is 3.80. The van der Waals surface area contributed by atoms with Crippen molar-refractivity contribution in [1.29, 1.82) is 0 Å². The van der Waals surface area contributed by atoms with Crippen LogP contribution in [0.2, 0.25) is 0 Å². The highest BCUT2D eigenvalue weighted by Crippen LogP contribution is 2.46. The second kappa shape index (κ2) is 8.52. The predicted molar refractivity (Wildman–Crippen MR) is 110 cm³/mol. The van der Waals surface area contributed by atoms with Crippen LogP contribution in [-0.2, 0) is 6.54 Å². The number of nitrogens with zero attached hydrogens (tertiary/aromatic N) is 2. The highest BCUT2D eigenvalue weighted by molar-refractivity contribution is 8.03. The maximum absolute atomic E-state index is 5.65. The number of pyridine rings is 1. The minimum atomic E-state index is 0. The zero-order valence-corrected chi connectivity index (χ0v) is 18.8. The zero-order valence-electron chi connectivity index (χ0n) is 15.8. The summed E-state index contributed by atoms with van der Waals surface area (Å²) in [5.74, 6) is 0.933. The Morgan fingerprint density at radius 3 is 2.67 bits per heavy atom. The molecular formula is C22H23IN2OS. The lowest BCUT2D eigenvalue weighted by Crippen LogP contribution is -3.00. The molecule has 2 heterocycles. The molecule has 3 aromatic rings. The lowest BCUT2D eigenvalue weighted by Gasteiger charge is -2.13. The van der Waals surface area contributed by atoms with Crippen LogP contribution in [0, 0.1) is 0 Å². The Balaban J connectivity index is 0.00000210. The number of ether oxygens (including phenoxy) is 1. The molecule has 0 atom stereocenters. The highest BCUT2D eigenvalue weighted by Gasteiger charge is 2.24. The normalized spacial score (nSPS) is 14.3. The van der Waals surface area contributed by atoms with Gasteiger partial charge in [-0.2, -0.15) is 4.57 Å². The van der Waals surface area contributed by atoms with Crippen LogP contribution in [-0.4, -0.2) is 13.7 Å². The summed E-state index contributed by atoms with van der Waals surface area (Å²) < 4.78 is 8.02. The van der Waals surface area contributed by atoms with Gasteiger partial charge in [-0.1, -0.05) is 23.9 Å². The molecule has 1 aliphatic rings. The molecule has 0 N–H and O–H groups in total. The molecule has 1 aliphatic heterocycles. The maximum Gasteiger partial charge on any atom is 0.212 e. The lowest BCUT2D eigenvalue weighted by molar-refractivity contribution is -0.669. The van der Waals surface area contributed by atoms with Crippen molar-refractivity contribution in [2.24, 2.45) is 0 Å². The molecule has 4 rings (SSSR count). The van der Waals surface area contributed by atoms with Crippen molar-refractivity contribution < 1.29 is 33.3 Å². The van der Waals surface area contributed by atoms with E-state index in [1.54, 1.807) is 11.8 Å². The quantitative estimate of drug-likeness (QED) is 0.412. The number of thioether (sulfide) groups is 1. The van der Waals surface area contributed by atoms with E-state index in [1.807, 2.05) is 13.0 Å². The molecule has 5 heteroatoms. The Labute approximate surface area is 182 Å². The van der Waals surface area contributed by atoms with Crippen LogP contribution in [0.5, 0.6) is 5.75 Å². The van der Waals surface area contributed by atoms with Crippen molar-refractivity contribution in [3.8, 4) is 5.75 Å². The molecule has 0 aliphatic carbocycles. The average Bonchev–Trinajstić information content (AvgIpc) is 2.97. The van der Waals surface area contributed by atoms with Crippen LogP contribution in [0.3, 0.4) is 0 Å². The van der Waals surface area contributed by atoms with Crippen LogP contribution >= 0.6 is 11.8 Å². The van der Waals surface area contributed by atoms with Gasteiger partial charge < -0.3 is 33.6 Å². The summed E-state index contributed by atoms with van der Waals surface area (Å²) in [5.41, 5.74) is 3.72. The summed E-state index contributed by atoms with van der Waals surface area (Å²) in [6.07, 6.45) is 2.28. The number of para-hydroxylation sites is 1. The molecule has 0 saturated carbocycles. The van der Waals surface area contributed by atoms with Crippen molar-refractivity contribution in [1.82, 2.24) is 0 Å². The van der Waals surface area contributed by atoms with E-state index in [-0.39, 0.29) is 24.0 Å². The molecule has 140 valence electrons. The van der Waals surface area contributed by atoms with E-state index in [9.17, 15) is 0 Å². The van der Waals surface area contributed by atoms with Crippen molar-refractivity contribution in [3.05, 3.63) is 65.3 Å². The molecule has 3 nitrogen and oxygen atoms in total. The molecule has 0 bridgehead atoms. The van der Waals surface area contributed by atoms with Crippen molar-refractivity contribution in [3.63, 3.8) is 0 Å². The molecule has 0 saturated heterocycles. The summed E-state index contributed by atoms with van der Waals surface area (Å²) in [7, 11) is 2.13. The number of hydrogen-bond donors (Lipinski definition) is 0. The van der Waals surface area contributed by atoms with Gasteiger partial charge >= 0.3 is 0 Å². The topological polar surface area (TPSA) is 16.4 Å². The molecule has 0 fully saturated rings. The minimum absolute atomic E-state index is 0. The first-order chi connectivity index (χ1) is 12.7. The first kappa shape index (κ1) is 20.0. The van der Waals surface area contributed by atoms with Crippen LogP contribution in [0.4, 0.5) is 5.69 Å². The van der Waals surface area contributed by atoms with Crippen LogP contribution in [0.25, 0.3) is 17.0 Å². The number of benzene rings is 2. The monoisotopic (exact) mass is 490 g/mol. The number of hydrogen-bond acceptors (Lipinski definition) is 3. The van der Waals surface area contributed by atoms with Gasteiger partial charge in [-0.3, -0.25) is 0 Å². The second-order valence-corrected chi connectivity index (χ2v) is 7.33. The third-order valence-electron chi connectivity index (χ3n) is 4.71. The van der Waals surface area contributed by atoms with Gasteiger partial charge in [0.1, 0.15) is 12.3 Å².